The number of nitrogen functional groups attached to an aromatic ring is 1. The van der Waals surface area contributed by atoms with E-state index in [1.54, 1.807) is 19.2 Å². The molecule has 0 saturated heterocycles. The second-order valence-electron chi connectivity index (χ2n) is 3.26. The van der Waals surface area contributed by atoms with Crippen LogP contribution < -0.4 is 16.0 Å². The summed E-state index contributed by atoms with van der Waals surface area (Å²) in [6, 6.07) is 10.4. The summed E-state index contributed by atoms with van der Waals surface area (Å²) in [5.74, 6) is 0.938. The number of nitrogens with two attached hydrogens (primary N) is 1. The molecule has 2 N–H and O–H groups in total. The first kappa shape index (κ1) is 10.2. The largest absolute Gasteiger partial charge is 0.439 e. The van der Waals surface area contributed by atoms with Crippen molar-refractivity contribution < 1.29 is 4.74 Å². The Morgan fingerprint density at radius 3 is 2.62 bits per heavy atom. The number of rotatable bonds is 2. The van der Waals surface area contributed by atoms with Crippen LogP contribution in [-0.2, 0) is 7.05 Å². The first-order chi connectivity index (χ1) is 7.66. The quantitative estimate of drug-likeness (QED) is 0.819. The molecule has 0 amide bonds. The lowest BCUT2D eigenvalue weighted by Gasteiger charge is -2.06. The van der Waals surface area contributed by atoms with Crippen molar-refractivity contribution in [2.45, 2.75) is 0 Å². The Labute approximate surface area is 92.1 Å². The summed E-state index contributed by atoms with van der Waals surface area (Å²) in [6.45, 7) is 0. The molecule has 0 aliphatic carbocycles. The summed E-state index contributed by atoms with van der Waals surface area (Å²) < 4.78 is 6.64. The molecule has 0 saturated carbocycles. The van der Waals surface area contributed by atoms with E-state index >= 15 is 0 Å². The smallest absolute Gasteiger partial charge is 0.258 e. The zero-order chi connectivity index (χ0) is 11.5. The van der Waals surface area contributed by atoms with Crippen molar-refractivity contribution in [1.82, 2.24) is 9.55 Å². The number of ether oxygens (including phenoxy) is 1. The van der Waals surface area contributed by atoms with E-state index in [1.165, 1.54) is 10.6 Å². The van der Waals surface area contributed by atoms with Gasteiger partial charge in [-0.3, -0.25) is 9.36 Å². The van der Waals surface area contributed by atoms with Crippen molar-refractivity contribution in [2.24, 2.45) is 7.05 Å². The maximum Gasteiger partial charge on any atom is 0.258 e. The second kappa shape index (κ2) is 4.06. The average molecular weight is 217 g/mol. The number of hydrogen-bond donors (Lipinski definition) is 1. The number of para-hydroxylation sites is 1. The topological polar surface area (TPSA) is 70.1 Å². The lowest BCUT2D eigenvalue weighted by atomic mass is 10.3. The third kappa shape index (κ3) is 2.03. The van der Waals surface area contributed by atoms with E-state index in [0.29, 0.717) is 5.75 Å². The van der Waals surface area contributed by atoms with Crippen LogP contribution in [0.2, 0.25) is 0 Å². The van der Waals surface area contributed by atoms with Gasteiger partial charge in [-0.1, -0.05) is 18.2 Å². The van der Waals surface area contributed by atoms with Gasteiger partial charge in [0.2, 0.25) is 11.8 Å². The minimum absolute atomic E-state index is 0.124. The highest BCUT2D eigenvalue weighted by Crippen LogP contribution is 2.17. The van der Waals surface area contributed by atoms with Gasteiger partial charge in [-0.2, -0.15) is 4.98 Å². The molecular weight excluding hydrogens is 206 g/mol. The molecule has 0 bridgehead atoms. The zero-order valence-electron chi connectivity index (χ0n) is 8.75. The van der Waals surface area contributed by atoms with Gasteiger partial charge in [-0.15, -0.1) is 0 Å². The van der Waals surface area contributed by atoms with E-state index in [0.717, 1.165) is 0 Å². The molecule has 5 heteroatoms. The van der Waals surface area contributed by atoms with E-state index < -0.39 is 0 Å². The summed E-state index contributed by atoms with van der Waals surface area (Å²) >= 11 is 0. The molecule has 0 spiro atoms. The lowest BCUT2D eigenvalue weighted by molar-refractivity contribution is 0.459. The van der Waals surface area contributed by atoms with Crippen LogP contribution in [0.15, 0.2) is 41.2 Å². The Bertz CT molecular complexity index is 549. The second-order valence-corrected chi connectivity index (χ2v) is 3.26. The first-order valence-electron chi connectivity index (χ1n) is 4.73. The standard InChI is InChI=1S/C11H11N3O2/c1-14-10(15)7-9(13-11(14)12)16-8-5-3-2-4-6-8/h2-7H,1H3,(H2,12,13). The fourth-order valence-corrected chi connectivity index (χ4v) is 1.20. The average Bonchev–Trinajstić information content (AvgIpc) is 2.27. The van der Waals surface area contributed by atoms with Gasteiger partial charge in [-0.25, -0.2) is 0 Å². The van der Waals surface area contributed by atoms with Crippen LogP contribution in [0, 0.1) is 0 Å². The minimum atomic E-state index is -0.251. The Balaban J connectivity index is 2.33. The van der Waals surface area contributed by atoms with E-state index in [-0.39, 0.29) is 17.4 Å². The Morgan fingerprint density at radius 1 is 1.31 bits per heavy atom. The van der Waals surface area contributed by atoms with Crippen LogP contribution in [0.4, 0.5) is 5.95 Å². The van der Waals surface area contributed by atoms with Gasteiger partial charge in [0, 0.05) is 7.05 Å². The SMILES string of the molecule is Cn1c(N)nc(Oc2ccccc2)cc1=O. The molecule has 82 valence electrons. The Hall–Kier alpha value is -2.30. The number of anilines is 1. The maximum atomic E-state index is 11.4. The van der Waals surface area contributed by atoms with Crippen LogP contribution in [0.1, 0.15) is 0 Å². The molecular formula is C11H11N3O2. The zero-order valence-corrected chi connectivity index (χ0v) is 8.75. The highest BCUT2D eigenvalue weighted by molar-refractivity contribution is 5.29. The van der Waals surface area contributed by atoms with Gasteiger partial charge >= 0.3 is 0 Å². The van der Waals surface area contributed by atoms with Gasteiger partial charge in [0.15, 0.2) is 0 Å². The fraction of sp³-hybridized carbons (Fsp3) is 0.0909. The van der Waals surface area contributed by atoms with Gasteiger partial charge in [0.05, 0.1) is 6.07 Å². The maximum absolute atomic E-state index is 11.4. The van der Waals surface area contributed by atoms with Crippen molar-refractivity contribution in [1.29, 1.82) is 0 Å². The molecule has 1 aromatic carbocycles. The molecule has 2 aromatic rings. The number of aromatic nitrogens is 2. The molecule has 0 aliphatic rings. The normalized spacial score (nSPS) is 10.1. The Kier molecular flexibility index (Phi) is 2.59. The first-order valence-corrected chi connectivity index (χ1v) is 4.73. The van der Waals surface area contributed by atoms with E-state index in [2.05, 4.69) is 4.98 Å². The highest BCUT2D eigenvalue weighted by Gasteiger charge is 2.03. The van der Waals surface area contributed by atoms with Gasteiger partial charge in [0.1, 0.15) is 5.75 Å². The van der Waals surface area contributed by atoms with Crippen molar-refractivity contribution in [3.8, 4) is 11.6 Å². The van der Waals surface area contributed by atoms with Crippen molar-refractivity contribution >= 4 is 5.95 Å². The summed E-state index contributed by atoms with van der Waals surface area (Å²) in [4.78, 5) is 15.4. The van der Waals surface area contributed by atoms with Crippen molar-refractivity contribution in [3.63, 3.8) is 0 Å². The Morgan fingerprint density at radius 2 is 2.00 bits per heavy atom. The van der Waals surface area contributed by atoms with E-state index in [9.17, 15) is 4.79 Å². The summed E-state index contributed by atoms with van der Waals surface area (Å²) in [5, 5.41) is 0. The number of benzene rings is 1. The molecule has 5 nitrogen and oxygen atoms in total. The summed E-state index contributed by atoms with van der Waals surface area (Å²) in [5.41, 5.74) is 5.30. The molecule has 1 aromatic heterocycles. The predicted molar refractivity (Wildman–Crippen MR) is 60.4 cm³/mol. The predicted octanol–water partition coefficient (Wildman–Crippen LogP) is 1.15. The molecule has 16 heavy (non-hydrogen) atoms. The molecule has 0 fully saturated rings. The molecule has 0 radical (unpaired) electrons. The molecule has 0 aliphatic heterocycles. The highest BCUT2D eigenvalue weighted by atomic mass is 16.5. The molecule has 1 heterocycles. The molecule has 0 unspecified atom stereocenters. The van der Waals surface area contributed by atoms with Crippen molar-refractivity contribution in [3.05, 3.63) is 46.8 Å². The van der Waals surface area contributed by atoms with E-state index in [1.807, 2.05) is 18.2 Å². The van der Waals surface area contributed by atoms with Gasteiger partial charge < -0.3 is 10.5 Å². The number of hydrogen-bond acceptors (Lipinski definition) is 4. The molecule has 0 atom stereocenters. The lowest BCUT2D eigenvalue weighted by Crippen LogP contribution is -2.20. The van der Waals surface area contributed by atoms with Crippen LogP contribution in [0.3, 0.4) is 0 Å². The van der Waals surface area contributed by atoms with Gasteiger partial charge in [0.25, 0.3) is 5.56 Å². The van der Waals surface area contributed by atoms with Crippen LogP contribution in [-0.4, -0.2) is 9.55 Å². The monoisotopic (exact) mass is 217 g/mol. The third-order valence-electron chi connectivity index (χ3n) is 2.11. The summed E-state index contributed by atoms with van der Waals surface area (Å²) in [6.07, 6.45) is 0. The fourth-order valence-electron chi connectivity index (χ4n) is 1.20. The number of nitrogens with zero attached hydrogens (tertiary/aromatic N) is 2. The van der Waals surface area contributed by atoms with Crippen LogP contribution in [0.5, 0.6) is 11.6 Å². The van der Waals surface area contributed by atoms with Gasteiger partial charge in [-0.05, 0) is 12.1 Å². The third-order valence-corrected chi connectivity index (χ3v) is 2.11. The van der Waals surface area contributed by atoms with Crippen molar-refractivity contribution in [2.75, 3.05) is 5.73 Å². The minimum Gasteiger partial charge on any atom is -0.439 e. The molecule has 2 rings (SSSR count). The van der Waals surface area contributed by atoms with Crippen LogP contribution >= 0.6 is 0 Å². The summed E-state index contributed by atoms with van der Waals surface area (Å²) in [7, 11) is 1.55. The van der Waals surface area contributed by atoms with Crippen LogP contribution in [0.25, 0.3) is 0 Å². The van der Waals surface area contributed by atoms with E-state index in [4.69, 9.17) is 10.5 Å².